The number of hydrogen-bond donors (Lipinski definition) is 2. The molecular formula is C15H21ClIN5O. The number of aliphatic imine (C=N–C) groups is 1. The van der Waals surface area contributed by atoms with Crippen molar-refractivity contribution < 1.29 is 4.52 Å². The van der Waals surface area contributed by atoms with E-state index in [9.17, 15) is 0 Å². The highest BCUT2D eigenvalue weighted by molar-refractivity contribution is 14.0. The first-order chi connectivity index (χ1) is 10.6. The van der Waals surface area contributed by atoms with Gasteiger partial charge in [0.1, 0.15) is 0 Å². The van der Waals surface area contributed by atoms with Crippen LogP contribution in [0.15, 0.2) is 33.8 Å². The van der Waals surface area contributed by atoms with Crippen molar-refractivity contribution in [3.63, 3.8) is 0 Å². The molecule has 0 unspecified atom stereocenters. The van der Waals surface area contributed by atoms with Gasteiger partial charge >= 0.3 is 0 Å². The molecule has 6 nitrogen and oxygen atoms in total. The monoisotopic (exact) mass is 449 g/mol. The fourth-order valence-electron chi connectivity index (χ4n) is 1.72. The first-order valence-corrected chi connectivity index (χ1v) is 7.49. The van der Waals surface area contributed by atoms with E-state index in [1.807, 2.05) is 12.1 Å². The molecule has 0 amide bonds. The third kappa shape index (κ3) is 6.34. The zero-order chi connectivity index (χ0) is 15.9. The Bertz CT molecular complexity index is 627. The fraction of sp³-hybridized carbons (Fsp3) is 0.400. The molecule has 1 aromatic carbocycles. The highest BCUT2D eigenvalue weighted by atomic mass is 127. The normalized spacial score (nSPS) is 11.3. The second-order valence-corrected chi connectivity index (χ2v) is 5.66. The van der Waals surface area contributed by atoms with Crippen LogP contribution in [-0.2, 0) is 6.54 Å². The molecule has 1 aromatic heterocycles. The van der Waals surface area contributed by atoms with Crippen LogP contribution in [0.2, 0.25) is 5.02 Å². The zero-order valence-electron chi connectivity index (χ0n) is 13.3. The van der Waals surface area contributed by atoms with Gasteiger partial charge in [-0.05, 0) is 30.2 Å². The van der Waals surface area contributed by atoms with Crippen molar-refractivity contribution in [2.45, 2.75) is 20.4 Å². The molecule has 8 heteroatoms. The second-order valence-electron chi connectivity index (χ2n) is 5.22. The van der Waals surface area contributed by atoms with Gasteiger partial charge < -0.3 is 15.2 Å². The summed E-state index contributed by atoms with van der Waals surface area (Å²) in [7, 11) is 1.72. The molecule has 0 atom stereocenters. The van der Waals surface area contributed by atoms with Gasteiger partial charge in [0.15, 0.2) is 5.96 Å². The van der Waals surface area contributed by atoms with Crippen molar-refractivity contribution in [3.8, 4) is 11.4 Å². The van der Waals surface area contributed by atoms with E-state index in [0.29, 0.717) is 35.2 Å². The Morgan fingerprint density at radius 3 is 2.57 bits per heavy atom. The molecule has 2 aromatic rings. The molecule has 0 bridgehead atoms. The highest BCUT2D eigenvalue weighted by Gasteiger charge is 2.09. The summed E-state index contributed by atoms with van der Waals surface area (Å²) in [4.78, 5) is 8.49. The third-order valence-electron chi connectivity index (χ3n) is 2.88. The fourth-order valence-corrected chi connectivity index (χ4v) is 1.85. The Kier molecular flexibility index (Phi) is 8.32. The van der Waals surface area contributed by atoms with E-state index in [1.54, 1.807) is 19.2 Å². The van der Waals surface area contributed by atoms with Crippen LogP contribution >= 0.6 is 35.6 Å². The predicted molar refractivity (Wildman–Crippen MR) is 103 cm³/mol. The quantitative estimate of drug-likeness (QED) is 0.416. The molecule has 0 aliphatic carbocycles. The molecule has 0 radical (unpaired) electrons. The Balaban J connectivity index is 0.00000264. The summed E-state index contributed by atoms with van der Waals surface area (Å²) in [5.41, 5.74) is 0.863. The van der Waals surface area contributed by atoms with E-state index in [4.69, 9.17) is 16.1 Å². The van der Waals surface area contributed by atoms with Crippen LogP contribution < -0.4 is 10.6 Å². The van der Waals surface area contributed by atoms with Crippen LogP contribution in [0.3, 0.4) is 0 Å². The molecule has 0 fully saturated rings. The maximum Gasteiger partial charge on any atom is 0.246 e. The molecule has 0 aliphatic rings. The van der Waals surface area contributed by atoms with Gasteiger partial charge in [-0.2, -0.15) is 4.98 Å². The lowest BCUT2D eigenvalue weighted by Crippen LogP contribution is -2.38. The average molecular weight is 450 g/mol. The SMILES string of the molecule is CN=C(NCc1nc(-c2ccc(Cl)cc2)no1)NCC(C)C.I. The minimum atomic E-state index is 0. The number of nitrogens with one attached hydrogen (secondary N) is 2. The van der Waals surface area contributed by atoms with Gasteiger partial charge in [-0.3, -0.25) is 4.99 Å². The van der Waals surface area contributed by atoms with Gasteiger partial charge in [-0.1, -0.05) is 30.6 Å². The Morgan fingerprint density at radius 2 is 1.96 bits per heavy atom. The van der Waals surface area contributed by atoms with Crippen LogP contribution in [-0.4, -0.2) is 29.7 Å². The number of nitrogens with zero attached hydrogens (tertiary/aromatic N) is 3. The highest BCUT2D eigenvalue weighted by Crippen LogP contribution is 2.18. The predicted octanol–water partition coefficient (Wildman–Crippen LogP) is 3.33. The lowest BCUT2D eigenvalue weighted by molar-refractivity contribution is 0.375. The average Bonchev–Trinajstić information content (AvgIpc) is 2.97. The Labute approximate surface area is 158 Å². The zero-order valence-corrected chi connectivity index (χ0v) is 16.4. The molecule has 0 saturated heterocycles. The maximum atomic E-state index is 5.86. The van der Waals surface area contributed by atoms with Gasteiger partial charge in [0.25, 0.3) is 0 Å². The molecule has 0 aliphatic heterocycles. The third-order valence-corrected chi connectivity index (χ3v) is 3.13. The summed E-state index contributed by atoms with van der Waals surface area (Å²) >= 11 is 5.86. The van der Waals surface area contributed by atoms with E-state index < -0.39 is 0 Å². The largest absolute Gasteiger partial charge is 0.356 e. The van der Waals surface area contributed by atoms with Crippen molar-refractivity contribution in [3.05, 3.63) is 35.2 Å². The summed E-state index contributed by atoms with van der Waals surface area (Å²) in [6.45, 7) is 5.53. The molecule has 2 N–H and O–H groups in total. The molecule has 126 valence electrons. The van der Waals surface area contributed by atoms with Crippen molar-refractivity contribution in [2.75, 3.05) is 13.6 Å². The first kappa shape index (κ1) is 19.7. The van der Waals surface area contributed by atoms with E-state index in [-0.39, 0.29) is 24.0 Å². The van der Waals surface area contributed by atoms with E-state index >= 15 is 0 Å². The summed E-state index contributed by atoms with van der Waals surface area (Å²) in [6, 6.07) is 7.30. The van der Waals surface area contributed by atoms with Gasteiger partial charge in [0, 0.05) is 24.2 Å². The second kappa shape index (κ2) is 9.71. The van der Waals surface area contributed by atoms with Crippen LogP contribution in [0.25, 0.3) is 11.4 Å². The van der Waals surface area contributed by atoms with Crippen molar-refractivity contribution in [2.24, 2.45) is 10.9 Å². The number of hydrogen-bond acceptors (Lipinski definition) is 4. The van der Waals surface area contributed by atoms with E-state index in [0.717, 1.165) is 12.1 Å². The van der Waals surface area contributed by atoms with Crippen LogP contribution in [0.4, 0.5) is 0 Å². The number of rotatable bonds is 5. The van der Waals surface area contributed by atoms with E-state index in [1.165, 1.54) is 0 Å². The molecule has 1 heterocycles. The van der Waals surface area contributed by atoms with Gasteiger partial charge in [-0.15, -0.1) is 24.0 Å². The topological polar surface area (TPSA) is 75.3 Å². The van der Waals surface area contributed by atoms with E-state index in [2.05, 4.69) is 39.6 Å². The summed E-state index contributed by atoms with van der Waals surface area (Å²) in [5, 5.41) is 11.0. The molecular weight excluding hydrogens is 429 g/mol. The van der Waals surface area contributed by atoms with Crippen molar-refractivity contribution in [1.29, 1.82) is 0 Å². The lowest BCUT2D eigenvalue weighted by atomic mass is 10.2. The summed E-state index contributed by atoms with van der Waals surface area (Å²) in [6.07, 6.45) is 0. The molecule has 0 saturated carbocycles. The lowest BCUT2D eigenvalue weighted by Gasteiger charge is -2.11. The minimum Gasteiger partial charge on any atom is -0.356 e. The number of halogens is 2. The summed E-state index contributed by atoms with van der Waals surface area (Å²) < 4.78 is 5.23. The minimum absolute atomic E-state index is 0. The van der Waals surface area contributed by atoms with Crippen LogP contribution in [0.5, 0.6) is 0 Å². The summed E-state index contributed by atoms with van der Waals surface area (Å²) in [5.74, 6) is 2.29. The Hall–Kier alpha value is -1.35. The van der Waals surface area contributed by atoms with Crippen molar-refractivity contribution in [1.82, 2.24) is 20.8 Å². The van der Waals surface area contributed by atoms with Crippen molar-refractivity contribution >= 4 is 41.5 Å². The standard InChI is InChI=1S/C15H20ClN5O.HI/c1-10(2)8-18-15(17-3)19-9-13-20-14(21-22-13)11-4-6-12(16)7-5-11;/h4-7,10H,8-9H2,1-3H3,(H2,17,18,19);1H. The number of aromatic nitrogens is 2. The Morgan fingerprint density at radius 1 is 1.26 bits per heavy atom. The number of benzene rings is 1. The molecule has 23 heavy (non-hydrogen) atoms. The van der Waals surface area contributed by atoms with Crippen LogP contribution in [0.1, 0.15) is 19.7 Å². The molecule has 2 rings (SSSR count). The smallest absolute Gasteiger partial charge is 0.246 e. The number of guanidine groups is 1. The van der Waals surface area contributed by atoms with Gasteiger partial charge in [0.2, 0.25) is 11.7 Å². The molecule has 0 spiro atoms. The van der Waals surface area contributed by atoms with Gasteiger partial charge in [0.05, 0.1) is 6.54 Å². The first-order valence-electron chi connectivity index (χ1n) is 7.11. The van der Waals surface area contributed by atoms with Gasteiger partial charge in [-0.25, -0.2) is 0 Å². The van der Waals surface area contributed by atoms with Crippen LogP contribution in [0, 0.1) is 5.92 Å². The maximum absolute atomic E-state index is 5.86.